The number of nitrogens with zero attached hydrogens (tertiary/aromatic N) is 1. The third-order valence-electron chi connectivity index (χ3n) is 4.09. The molecule has 2 rings (SSSR count). The summed E-state index contributed by atoms with van der Waals surface area (Å²) in [5, 5.41) is 13.5. The highest BCUT2D eigenvalue weighted by molar-refractivity contribution is 5.28. The molecule has 0 aliphatic carbocycles. The van der Waals surface area contributed by atoms with Crippen molar-refractivity contribution in [2.45, 2.75) is 19.4 Å². The van der Waals surface area contributed by atoms with Crippen molar-refractivity contribution in [2.24, 2.45) is 5.92 Å². The van der Waals surface area contributed by atoms with Gasteiger partial charge in [0.15, 0.2) is 0 Å². The Morgan fingerprint density at radius 3 is 2.75 bits per heavy atom. The van der Waals surface area contributed by atoms with Gasteiger partial charge in [-0.2, -0.15) is 0 Å². The number of aliphatic hydroxyl groups is 1. The summed E-state index contributed by atoms with van der Waals surface area (Å²) in [7, 11) is 1.65. The molecule has 4 nitrogen and oxygen atoms in total. The first-order valence-electron chi connectivity index (χ1n) is 7.48. The fourth-order valence-corrected chi connectivity index (χ4v) is 2.73. The van der Waals surface area contributed by atoms with Crippen molar-refractivity contribution in [3.05, 3.63) is 29.8 Å². The van der Waals surface area contributed by atoms with Gasteiger partial charge in [0.2, 0.25) is 0 Å². The van der Waals surface area contributed by atoms with Crippen molar-refractivity contribution in [1.29, 1.82) is 0 Å². The van der Waals surface area contributed by atoms with E-state index in [4.69, 9.17) is 4.74 Å². The fourth-order valence-electron chi connectivity index (χ4n) is 2.73. The quantitative estimate of drug-likeness (QED) is 0.796. The SMILES string of the molecule is CCN1CCC(CNCC(O)c2ccc(OC)cc2)C1. The number of hydrogen-bond acceptors (Lipinski definition) is 4. The Hall–Kier alpha value is -1.10. The lowest BCUT2D eigenvalue weighted by molar-refractivity contribution is 0.172. The maximum Gasteiger partial charge on any atom is 0.118 e. The van der Waals surface area contributed by atoms with E-state index >= 15 is 0 Å². The molecule has 1 heterocycles. The van der Waals surface area contributed by atoms with Gasteiger partial charge in [-0.25, -0.2) is 0 Å². The maximum atomic E-state index is 10.1. The van der Waals surface area contributed by atoms with E-state index in [1.807, 2.05) is 24.3 Å². The van der Waals surface area contributed by atoms with Crippen LogP contribution in [0.2, 0.25) is 0 Å². The zero-order chi connectivity index (χ0) is 14.4. The van der Waals surface area contributed by atoms with E-state index in [0.717, 1.165) is 30.3 Å². The van der Waals surface area contributed by atoms with Crippen LogP contribution < -0.4 is 10.1 Å². The van der Waals surface area contributed by atoms with Gasteiger partial charge in [-0.15, -0.1) is 0 Å². The van der Waals surface area contributed by atoms with Crippen LogP contribution in [0.25, 0.3) is 0 Å². The molecule has 0 aromatic heterocycles. The second-order valence-corrected chi connectivity index (χ2v) is 5.50. The second-order valence-electron chi connectivity index (χ2n) is 5.50. The third-order valence-corrected chi connectivity index (χ3v) is 4.09. The normalized spacial score (nSPS) is 21.1. The summed E-state index contributed by atoms with van der Waals surface area (Å²) in [5.41, 5.74) is 0.930. The van der Waals surface area contributed by atoms with Crippen LogP contribution in [0.1, 0.15) is 25.0 Å². The summed E-state index contributed by atoms with van der Waals surface area (Å²) in [6, 6.07) is 7.60. The molecule has 0 spiro atoms. The zero-order valence-corrected chi connectivity index (χ0v) is 12.5. The number of rotatable bonds is 7. The van der Waals surface area contributed by atoms with Gasteiger partial charge in [0, 0.05) is 13.1 Å². The van der Waals surface area contributed by atoms with E-state index in [9.17, 15) is 5.11 Å². The maximum absolute atomic E-state index is 10.1. The van der Waals surface area contributed by atoms with E-state index < -0.39 is 6.10 Å². The molecule has 2 unspecified atom stereocenters. The van der Waals surface area contributed by atoms with Crippen molar-refractivity contribution in [1.82, 2.24) is 10.2 Å². The number of benzene rings is 1. The zero-order valence-electron chi connectivity index (χ0n) is 12.5. The highest BCUT2D eigenvalue weighted by Gasteiger charge is 2.20. The number of nitrogens with one attached hydrogen (secondary N) is 1. The van der Waals surface area contributed by atoms with Gasteiger partial charge in [-0.3, -0.25) is 0 Å². The fraction of sp³-hybridized carbons (Fsp3) is 0.625. The molecule has 20 heavy (non-hydrogen) atoms. The second kappa shape index (κ2) is 7.62. The summed E-state index contributed by atoms with van der Waals surface area (Å²) in [6.45, 7) is 7.35. The lowest BCUT2D eigenvalue weighted by Crippen LogP contribution is -2.29. The summed E-state index contributed by atoms with van der Waals surface area (Å²) < 4.78 is 5.12. The smallest absolute Gasteiger partial charge is 0.118 e. The molecule has 0 radical (unpaired) electrons. The van der Waals surface area contributed by atoms with Crippen LogP contribution in [0.5, 0.6) is 5.75 Å². The van der Waals surface area contributed by atoms with Crippen LogP contribution in [0, 0.1) is 5.92 Å². The Labute approximate surface area is 121 Å². The van der Waals surface area contributed by atoms with Crippen LogP contribution in [0.4, 0.5) is 0 Å². The molecule has 1 aliphatic heterocycles. The first-order valence-corrected chi connectivity index (χ1v) is 7.48. The van der Waals surface area contributed by atoms with Gasteiger partial charge < -0.3 is 20.1 Å². The average Bonchev–Trinajstić information content (AvgIpc) is 2.95. The van der Waals surface area contributed by atoms with E-state index in [-0.39, 0.29) is 0 Å². The molecule has 1 aliphatic rings. The summed E-state index contributed by atoms with van der Waals surface area (Å²) >= 11 is 0. The molecular weight excluding hydrogens is 252 g/mol. The van der Waals surface area contributed by atoms with Gasteiger partial charge in [0.05, 0.1) is 13.2 Å². The van der Waals surface area contributed by atoms with Crippen molar-refractivity contribution >= 4 is 0 Å². The Morgan fingerprint density at radius 2 is 2.15 bits per heavy atom. The first-order chi connectivity index (χ1) is 9.72. The van der Waals surface area contributed by atoms with Crippen molar-refractivity contribution < 1.29 is 9.84 Å². The van der Waals surface area contributed by atoms with E-state index in [1.165, 1.54) is 19.5 Å². The highest BCUT2D eigenvalue weighted by Crippen LogP contribution is 2.18. The topological polar surface area (TPSA) is 44.7 Å². The first kappa shape index (κ1) is 15.3. The standard InChI is InChI=1S/C16H26N2O2/c1-3-18-9-8-13(12-18)10-17-11-16(19)14-4-6-15(20-2)7-5-14/h4-7,13,16-17,19H,3,8-12H2,1-2H3. The van der Waals surface area contributed by atoms with Gasteiger partial charge in [0.1, 0.15) is 5.75 Å². The van der Waals surface area contributed by atoms with Crippen LogP contribution in [0.15, 0.2) is 24.3 Å². The summed E-state index contributed by atoms with van der Waals surface area (Å²) in [4.78, 5) is 2.48. The number of methoxy groups -OCH3 is 1. The molecule has 1 aromatic carbocycles. The van der Waals surface area contributed by atoms with E-state index in [0.29, 0.717) is 6.54 Å². The van der Waals surface area contributed by atoms with Crippen LogP contribution in [-0.4, -0.2) is 49.8 Å². The molecule has 1 aromatic rings. The number of ether oxygens (including phenoxy) is 1. The van der Waals surface area contributed by atoms with Crippen LogP contribution >= 0.6 is 0 Å². The van der Waals surface area contributed by atoms with E-state index in [2.05, 4.69) is 17.1 Å². The molecule has 0 saturated carbocycles. The van der Waals surface area contributed by atoms with Gasteiger partial charge in [-0.1, -0.05) is 19.1 Å². The van der Waals surface area contributed by atoms with Crippen molar-refractivity contribution in [2.75, 3.05) is 39.8 Å². The number of likely N-dealkylation sites (tertiary alicyclic amines) is 1. The molecular formula is C16H26N2O2. The summed E-state index contributed by atoms with van der Waals surface area (Å²) in [6.07, 6.45) is 0.809. The number of aliphatic hydroxyl groups excluding tert-OH is 1. The monoisotopic (exact) mass is 278 g/mol. The third kappa shape index (κ3) is 4.20. The van der Waals surface area contributed by atoms with Crippen LogP contribution in [0.3, 0.4) is 0 Å². The molecule has 112 valence electrons. The van der Waals surface area contributed by atoms with Crippen LogP contribution in [-0.2, 0) is 0 Å². The lowest BCUT2D eigenvalue weighted by Gasteiger charge is -2.16. The summed E-state index contributed by atoms with van der Waals surface area (Å²) in [5.74, 6) is 1.54. The molecule has 2 atom stereocenters. The molecule has 1 fully saturated rings. The average molecular weight is 278 g/mol. The highest BCUT2D eigenvalue weighted by atomic mass is 16.5. The predicted octanol–water partition coefficient (Wildman–Crippen LogP) is 1.66. The van der Waals surface area contributed by atoms with Gasteiger partial charge in [0.25, 0.3) is 0 Å². The largest absolute Gasteiger partial charge is 0.497 e. The Morgan fingerprint density at radius 1 is 1.40 bits per heavy atom. The molecule has 1 saturated heterocycles. The Kier molecular flexibility index (Phi) is 5.83. The van der Waals surface area contributed by atoms with Gasteiger partial charge >= 0.3 is 0 Å². The van der Waals surface area contributed by atoms with Crippen molar-refractivity contribution in [3.8, 4) is 5.75 Å². The number of hydrogen-bond donors (Lipinski definition) is 2. The molecule has 4 heteroatoms. The molecule has 0 amide bonds. The minimum atomic E-state index is -0.454. The molecule has 2 N–H and O–H groups in total. The Balaban J connectivity index is 1.70. The van der Waals surface area contributed by atoms with Gasteiger partial charge in [-0.05, 0) is 49.7 Å². The minimum absolute atomic E-state index is 0.454. The molecule has 0 bridgehead atoms. The lowest BCUT2D eigenvalue weighted by atomic mass is 10.1. The minimum Gasteiger partial charge on any atom is -0.497 e. The Bertz CT molecular complexity index is 394. The van der Waals surface area contributed by atoms with Crippen molar-refractivity contribution in [3.63, 3.8) is 0 Å². The van der Waals surface area contributed by atoms with E-state index in [1.54, 1.807) is 7.11 Å². The predicted molar refractivity (Wildman–Crippen MR) is 81.0 cm³/mol.